The number of benzene rings is 1. The van der Waals surface area contributed by atoms with E-state index in [1.54, 1.807) is 21.5 Å². The number of aryl methyl sites for hydroxylation is 2. The highest BCUT2D eigenvalue weighted by Crippen LogP contribution is 2.25. The van der Waals surface area contributed by atoms with Crippen LogP contribution < -0.4 is 5.32 Å². The number of thioether (sulfide) groups is 1. The maximum atomic E-state index is 12.6. The Bertz CT molecular complexity index is 935. The highest BCUT2D eigenvalue weighted by atomic mass is 35.5. The molecule has 0 saturated carbocycles. The molecule has 2 heterocycles. The number of tetrazole rings is 1. The van der Waals surface area contributed by atoms with Crippen LogP contribution in [0.4, 0.5) is 5.69 Å². The van der Waals surface area contributed by atoms with Gasteiger partial charge in [0.2, 0.25) is 11.1 Å². The van der Waals surface area contributed by atoms with Gasteiger partial charge in [0.15, 0.2) is 0 Å². The van der Waals surface area contributed by atoms with Gasteiger partial charge in [-0.3, -0.25) is 9.48 Å². The SMILES string of the molecule is Cc1nn(C)c(C)c1NC(=O)[C@H](C)Sc1nnnn1-c1ccc(Cl)cc1. The van der Waals surface area contributed by atoms with Gasteiger partial charge in [0, 0.05) is 12.1 Å². The van der Waals surface area contributed by atoms with Crippen LogP contribution in [0.3, 0.4) is 0 Å². The van der Waals surface area contributed by atoms with Gasteiger partial charge in [-0.25, -0.2) is 0 Å². The highest BCUT2D eigenvalue weighted by molar-refractivity contribution is 8.00. The molecule has 2 aromatic heterocycles. The molecule has 1 amide bonds. The lowest BCUT2D eigenvalue weighted by Crippen LogP contribution is -2.23. The van der Waals surface area contributed by atoms with E-state index in [0.29, 0.717) is 10.2 Å². The van der Waals surface area contributed by atoms with Crippen molar-refractivity contribution in [3.8, 4) is 5.69 Å². The summed E-state index contributed by atoms with van der Waals surface area (Å²) < 4.78 is 3.31. The molecule has 0 aliphatic carbocycles. The highest BCUT2D eigenvalue weighted by Gasteiger charge is 2.21. The zero-order chi connectivity index (χ0) is 18.8. The summed E-state index contributed by atoms with van der Waals surface area (Å²) in [5.74, 6) is -0.139. The van der Waals surface area contributed by atoms with E-state index in [0.717, 1.165) is 22.8 Å². The van der Waals surface area contributed by atoms with Crippen molar-refractivity contribution in [2.45, 2.75) is 31.2 Å². The van der Waals surface area contributed by atoms with E-state index in [1.807, 2.05) is 40.0 Å². The van der Waals surface area contributed by atoms with Crippen molar-refractivity contribution in [2.24, 2.45) is 7.05 Å². The summed E-state index contributed by atoms with van der Waals surface area (Å²) in [5.41, 5.74) is 3.19. The van der Waals surface area contributed by atoms with E-state index in [1.165, 1.54) is 11.8 Å². The van der Waals surface area contributed by atoms with Crippen molar-refractivity contribution in [1.82, 2.24) is 30.0 Å². The average molecular weight is 392 g/mol. The van der Waals surface area contributed by atoms with Crippen molar-refractivity contribution in [1.29, 1.82) is 0 Å². The molecule has 1 aromatic carbocycles. The fraction of sp³-hybridized carbons (Fsp3) is 0.312. The number of carbonyl (C=O) groups excluding carboxylic acids is 1. The lowest BCUT2D eigenvalue weighted by molar-refractivity contribution is -0.115. The first-order valence-corrected chi connectivity index (χ1v) is 9.14. The number of hydrogen-bond donors (Lipinski definition) is 1. The lowest BCUT2D eigenvalue weighted by atomic mass is 10.3. The monoisotopic (exact) mass is 391 g/mol. The van der Waals surface area contributed by atoms with Gasteiger partial charge in [-0.05, 0) is 55.5 Å². The summed E-state index contributed by atoms with van der Waals surface area (Å²) in [4.78, 5) is 12.6. The minimum Gasteiger partial charge on any atom is -0.322 e. The Labute approximate surface area is 159 Å². The fourth-order valence-electron chi connectivity index (χ4n) is 2.39. The normalized spacial score (nSPS) is 12.2. The quantitative estimate of drug-likeness (QED) is 0.672. The van der Waals surface area contributed by atoms with E-state index in [4.69, 9.17) is 11.6 Å². The largest absolute Gasteiger partial charge is 0.322 e. The maximum absolute atomic E-state index is 12.6. The first kappa shape index (κ1) is 18.4. The number of halogens is 1. The van der Waals surface area contributed by atoms with Gasteiger partial charge in [0.1, 0.15) is 0 Å². The van der Waals surface area contributed by atoms with Gasteiger partial charge < -0.3 is 5.32 Å². The van der Waals surface area contributed by atoms with Gasteiger partial charge in [-0.1, -0.05) is 23.4 Å². The molecule has 1 N–H and O–H groups in total. The number of nitrogens with zero attached hydrogens (tertiary/aromatic N) is 6. The molecule has 0 aliphatic rings. The standard InChI is InChI=1S/C16H18ClN7OS/c1-9-14(10(2)23(4)20-9)18-15(25)11(3)26-16-19-21-22-24(16)13-7-5-12(17)6-8-13/h5-8,11H,1-4H3,(H,18,25)/t11-/m0/s1. The van der Waals surface area contributed by atoms with Crippen molar-refractivity contribution in [3.63, 3.8) is 0 Å². The molecule has 3 aromatic rings. The molecule has 136 valence electrons. The number of rotatable bonds is 5. The molecule has 8 nitrogen and oxygen atoms in total. The number of hydrogen-bond acceptors (Lipinski definition) is 6. The van der Waals surface area contributed by atoms with Crippen molar-refractivity contribution < 1.29 is 4.79 Å². The molecule has 26 heavy (non-hydrogen) atoms. The van der Waals surface area contributed by atoms with Crippen LogP contribution in [0.1, 0.15) is 18.3 Å². The molecule has 0 aliphatic heterocycles. The summed E-state index contributed by atoms with van der Waals surface area (Å²) >= 11 is 7.19. The molecule has 0 saturated heterocycles. The lowest BCUT2D eigenvalue weighted by Gasteiger charge is -2.12. The third-order valence-electron chi connectivity index (χ3n) is 3.92. The summed E-state index contributed by atoms with van der Waals surface area (Å²) in [5, 5.41) is 19.7. The number of carbonyl (C=O) groups is 1. The average Bonchev–Trinajstić information content (AvgIpc) is 3.15. The Hall–Kier alpha value is -2.39. The van der Waals surface area contributed by atoms with Crippen molar-refractivity contribution in [3.05, 3.63) is 40.7 Å². The topological polar surface area (TPSA) is 90.5 Å². The molecule has 3 rings (SSSR count). The van der Waals surface area contributed by atoms with Crippen LogP contribution in [0.25, 0.3) is 5.69 Å². The molecular weight excluding hydrogens is 374 g/mol. The van der Waals surface area contributed by atoms with Crippen LogP contribution in [0.5, 0.6) is 0 Å². The van der Waals surface area contributed by atoms with Crippen molar-refractivity contribution in [2.75, 3.05) is 5.32 Å². The Morgan fingerprint density at radius 1 is 1.27 bits per heavy atom. The van der Waals surface area contributed by atoms with Gasteiger partial charge >= 0.3 is 0 Å². The predicted molar refractivity (Wildman–Crippen MR) is 101 cm³/mol. The zero-order valence-corrected chi connectivity index (χ0v) is 16.3. The predicted octanol–water partition coefficient (Wildman–Crippen LogP) is 2.79. The van der Waals surface area contributed by atoms with E-state index in [2.05, 4.69) is 25.9 Å². The third-order valence-corrected chi connectivity index (χ3v) is 5.21. The molecule has 1 atom stereocenters. The van der Waals surface area contributed by atoms with Gasteiger partial charge in [-0.15, -0.1) is 5.10 Å². The van der Waals surface area contributed by atoms with E-state index >= 15 is 0 Å². The molecular formula is C16H18ClN7OS. The number of amides is 1. The summed E-state index contributed by atoms with van der Waals surface area (Å²) in [6, 6.07) is 7.15. The second kappa shape index (κ2) is 7.46. The van der Waals surface area contributed by atoms with E-state index < -0.39 is 5.25 Å². The number of anilines is 1. The Balaban J connectivity index is 1.74. The van der Waals surface area contributed by atoms with Crippen LogP contribution in [0, 0.1) is 13.8 Å². The smallest absolute Gasteiger partial charge is 0.237 e. The van der Waals surface area contributed by atoms with Crippen LogP contribution >= 0.6 is 23.4 Å². The minimum absolute atomic E-state index is 0.139. The molecule has 0 unspecified atom stereocenters. The summed E-state index contributed by atoms with van der Waals surface area (Å²) in [6.45, 7) is 5.58. The third kappa shape index (κ3) is 3.73. The molecule has 0 spiro atoms. The van der Waals surface area contributed by atoms with Gasteiger partial charge in [0.25, 0.3) is 0 Å². The Morgan fingerprint density at radius 3 is 2.58 bits per heavy atom. The van der Waals surface area contributed by atoms with Crippen LogP contribution in [0.2, 0.25) is 5.02 Å². The van der Waals surface area contributed by atoms with Crippen LogP contribution in [-0.2, 0) is 11.8 Å². The second-order valence-corrected chi connectivity index (χ2v) is 7.51. The number of aromatic nitrogens is 6. The number of nitrogens with one attached hydrogen (secondary N) is 1. The van der Waals surface area contributed by atoms with Gasteiger partial charge in [-0.2, -0.15) is 9.78 Å². The summed E-state index contributed by atoms with van der Waals surface area (Å²) in [7, 11) is 1.84. The first-order valence-electron chi connectivity index (χ1n) is 7.89. The van der Waals surface area contributed by atoms with E-state index in [-0.39, 0.29) is 5.91 Å². The molecule has 0 radical (unpaired) electrons. The fourth-order valence-corrected chi connectivity index (χ4v) is 3.32. The van der Waals surface area contributed by atoms with Gasteiger partial charge in [0.05, 0.1) is 28.0 Å². The maximum Gasteiger partial charge on any atom is 0.237 e. The van der Waals surface area contributed by atoms with E-state index in [9.17, 15) is 4.79 Å². The van der Waals surface area contributed by atoms with Crippen LogP contribution in [-0.4, -0.2) is 41.1 Å². The molecule has 0 fully saturated rings. The first-order chi connectivity index (χ1) is 12.4. The Morgan fingerprint density at radius 2 is 1.96 bits per heavy atom. The molecule has 0 bridgehead atoms. The Kier molecular flexibility index (Phi) is 5.28. The van der Waals surface area contributed by atoms with Crippen LogP contribution in [0.15, 0.2) is 29.4 Å². The second-order valence-electron chi connectivity index (χ2n) is 5.77. The minimum atomic E-state index is -0.397. The zero-order valence-electron chi connectivity index (χ0n) is 14.8. The summed E-state index contributed by atoms with van der Waals surface area (Å²) in [6.07, 6.45) is 0. The molecule has 10 heteroatoms. The van der Waals surface area contributed by atoms with Crippen molar-refractivity contribution >= 4 is 35.0 Å².